The zero-order chi connectivity index (χ0) is 15.5. The Morgan fingerprint density at radius 3 is 2.48 bits per heavy atom. The molecule has 1 saturated carbocycles. The average Bonchev–Trinajstić information content (AvgIpc) is 2.73. The SMILES string of the molecule is CCC1CN(C)CCCN1C1(CN)CCCC(C)(C)CC1. The van der Waals surface area contributed by atoms with Crippen LogP contribution < -0.4 is 5.73 Å². The first-order valence-electron chi connectivity index (χ1n) is 9.08. The molecule has 0 aromatic rings. The lowest BCUT2D eigenvalue weighted by Crippen LogP contribution is -2.58. The Balaban J connectivity index is 2.20. The lowest BCUT2D eigenvalue weighted by molar-refractivity contribution is 0.0326. The minimum absolute atomic E-state index is 0.264. The fraction of sp³-hybridized carbons (Fsp3) is 1.00. The predicted octanol–water partition coefficient (Wildman–Crippen LogP) is 3.09. The molecular formula is C18H37N3. The Morgan fingerprint density at radius 1 is 1.05 bits per heavy atom. The molecule has 0 spiro atoms. The van der Waals surface area contributed by atoms with E-state index in [1.54, 1.807) is 0 Å². The van der Waals surface area contributed by atoms with Crippen molar-refractivity contribution >= 4 is 0 Å². The fourth-order valence-corrected chi connectivity index (χ4v) is 4.54. The van der Waals surface area contributed by atoms with E-state index < -0.39 is 0 Å². The zero-order valence-electron chi connectivity index (χ0n) is 14.8. The molecule has 1 saturated heterocycles. The lowest BCUT2D eigenvalue weighted by Gasteiger charge is -2.47. The van der Waals surface area contributed by atoms with Crippen LogP contribution in [0.1, 0.15) is 65.7 Å². The summed E-state index contributed by atoms with van der Waals surface area (Å²) in [6.07, 6.45) is 9.15. The van der Waals surface area contributed by atoms with E-state index in [0.717, 1.165) is 6.54 Å². The third kappa shape index (κ3) is 4.00. The van der Waals surface area contributed by atoms with Gasteiger partial charge in [0.2, 0.25) is 0 Å². The van der Waals surface area contributed by atoms with Gasteiger partial charge in [-0.1, -0.05) is 27.2 Å². The molecule has 2 unspecified atom stereocenters. The topological polar surface area (TPSA) is 32.5 Å². The molecule has 3 nitrogen and oxygen atoms in total. The molecule has 2 fully saturated rings. The van der Waals surface area contributed by atoms with Crippen molar-refractivity contribution < 1.29 is 0 Å². The summed E-state index contributed by atoms with van der Waals surface area (Å²) in [5.74, 6) is 0. The van der Waals surface area contributed by atoms with Crippen molar-refractivity contribution in [2.75, 3.05) is 33.2 Å². The third-order valence-corrected chi connectivity index (χ3v) is 6.13. The van der Waals surface area contributed by atoms with Crippen LogP contribution in [0.15, 0.2) is 0 Å². The van der Waals surface area contributed by atoms with Gasteiger partial charge in [0.15, 0.2) is 0 Å². The van der Waals surface area contributed by atoms with Gasteiger partial charge in [-0.05, 0) is 57.5 Å². The van der Waals surface area contributed by atoms with Crippen LogP contribution in [-0.4, -0.2) is 54.6 Å². The normalized spacial score (nSPS) is 36.1. The Bertz CT molecular complexity index is 328. The monoisotopic (exact) mass is 295 g/mol. The quantitative estimate of drug-likeness (QED) is 0.812. The van der Waals surface area contributed by atoms with Crippen molar-refractivity contribution in [3.63, 3.8) is 0 Å². The molecular weight excluding hydrogens is 258 g/mol. The molecule has 21 heavy (non-hydrogen) atoms. The van der Waals surface area contributed by atoms with Crippen molar-refractivity contribution in [2.24, 2.45) is 11.1 Å². The highest BCUT2D eigenvalue weighted by atomic mass is 15.3. The summed E-state index contributed by atoms with van der Waals surface area (Å²) in [6, 6.07) is 0.683. The second kappa shape index (κ2) is 6.97. The summed E-state index contributed by atoms with van der Waals surface area (Å²) in [7, 11) is 2.28. The number of hydrogen-bond donors (Lipinski definition) is 1. The van der Waals surface area contributed by atoms with Crippen molar-refractivity contribution in [3.05, 3.63) is 0 Å². The molecule has 0 amide bonds. The second-order valence-electron chi connectivity index (χ2n) is 8.32. The standard InChI is InChI=1S/C18H37N3/c1-5-16-14-20(4)12-7-13-21(16)18(15-19)9-6-8-17(2,3)10-11-18/h16H,5-15,19H2,1-4H3. The molecule has 2 atom stereocenters. The van der Waals surface area contributed by atoms with Gasteiger partial charge in [-0.15, -0.1) is 0 Å². The van der Waals surface area contributed by atoms with Gasteiger partial charge in [0, 0.05) is 31.2 Å². The minimum Gasteiger partial charge on any atom is -0.329 e. The number of likely N-dealkylation sites (N-methyl/N-ethyl adjacent to an activating group) is 1. The summed E-state index contributed by atoms with van der Waals surface area (Å²) in [6.45, 7) is 11.7. The van der Waals surface area contributed by atoms with Gasteiger partial charge >= 0.3 is 0 Å². The van der Waals surface area contributed by atoms with Crippen molar-refractivity contribution in [2.45, 2.75) is 77.3 Å². The minimum atomic E-state index is 0.264. The Morgan fingerprint density at radius 2 is 1.81 bits per heavy atom. The molecule has 2 N–H and O–H groups in total. The van der Waals surface area contributed by atoms with Crippen LogP contribution in [-0.2, 0) is 0 Å². The highest BCUT2D eigenvalue weighted by Gasteiger charge is 2.42. The second-order valence-corrected chi connectivity index (χ2v) is 8.32. The van der Waals surface area contributed by atoms with Crippen molar-refractivity contribution in [3.8, 4) is 0 Å². The largest absolute Gasteiger partial charge is 0.329 e. The highest BCUT2D eigenvalue weighted by Crippen LogP contribution is 2.41. The van der Waals surface area contributed by atoms with Gasteiger partial charge in [0.25, 0.3) is 0 Å². The molecule has 2 aliphatic rings. The maximum Gasteiger partial charge on any atom is 0.0335 e. The molecule has 1 aliphatic heterocycles. The molecule has 1 aliphatic carbocycles. The summed E-state index contributed by atoms with van der Waals surface area (Å²) in [4.78, 5) is 5.34. The maximum absolute atomic E-state index is 6.37. The van der Waals surface area contributed by atoms with E-state index in [4.69, 9.17) is 5.73 Å². The first kappa shape index (κ1) is 17.2. The molecule has 1 heterocycles. The van der Waals surface area contributed by atoms with Gasteiger partial charge in [-0.25, -0.2) is 0 Å². The fourth-order valence-electron chi connectivity index (χ4n) is 4.54. The molecule has 0 aromatic heterocycles. The van der Waals surface area contributed by atoms with E-state index in [-0.39, 0.29) is 5.54 Å². The number of nitrogens with two attached hydrogens (primary N) is 1. The van der Waals surface area contributed by atoms with E-state index in [0.29, 0.717) is 11.5 Å². The zero-order valence-corrected chi connectivity index (χ0v) is 14.8. The van der Waals surface area contributed by atoms with Crippen LogP contribution in [0, 0.1) is 5.41 Å². The van der Waals surface area contributed by atoms with Crippen LogP contribution in [0.5, 0.6) is 0 Å². The summed E-state index contributed by atoms with van der Waals surface area (Å²) in [5, 5.41) is 0. The van der Waals surface area contributed by atoms with Gasteiger partial charge in [0.1, 0.15) is 0 Å². The number of nitrogens with zero attached hydrogens (tertiary/aromatic N) is 2. The average molecular weight is 296 g/mol. The molecule has 0 radical (unpaired) electrons. The Kier molecular flexibility index (Phi) is 5.72. The van der Waals surface area contributed by atoms with E-state index in [9.17, 15) is 0 Å². The van der Waals surface area contributed by atoms with E-state index in [1.165, 1.54) is 64.6 Å². The van der Waals surface area contributed by atoms with Crippen molar-refractivity contribution in [1.82, 2.24) is 9.80 Å². The van der Waals surface area contributed by atoms with E-state index in [2.05, 4.69) is 37.6 Å². The predicted molar refractivity (Wildman–Crippen MR) is 91.6 cm³/mol. The van der Waals surface area contributed by atoms with E-state index in [1.807, 2.05) is 0 Å². The van der Waals surface area contributed by atoms with Gasteiger partial charge < -0.3 is 10.6 Å². The van der Waals surface area contributed by atoms with Crippen LogP contribution in [0.3, 0.4) is 0 Å². The van der Waals surface area contributed by atoms with Gasteiger partial charge in [-0.2, -0.15) is 0 Å². The smallest absolute Gasteiger partial charge is 0.0335 e. The van der Waals surface area contributed by atoms with Crippen LogP contribution in [0.2, 0.25) is 0 Å². The summed E-state index contributed by atoms with van der Waals surface area (Å²) < 4.78 is 0. The lowest BCUT2D eigenvalue weighted by atomic mass is 9.82. The first-order valence-corrected chi connectivity index (χ1v) is 9.08. The summed E-state index contributed by atoms with van der Waals surface area (Å²) in [5.41, 5.74) is 7.14. The first-order chi connectivity index (χ1) is 9.92. The molecule has 124 valence electrons. The summed E-state index contributed by atoms with van der Waals surface area (Å²) >= 11 is 0. The van der Waals surface area contributed by atoms with Crippen LogP contribution in [0.4, 0.5) is 0 Å². The number of hydrogen-bond acceptors (Lipinski definition) is 3. The highest BCUT2D eigenvalue weighted by molar-refractivity contribution is 4.99. The molecule has 0 aromatic carbocycles. The van der Waals surface area contributed by atoms with Crippen LogP contribution >= 0.6 is 0 Å². The van der Waals surface area contributed by atoms with Crippen molar-refractivity contribution in [1.29, 1.82) is 0 Å². The van der Waals surface area contributed by atoms with E-state index >= 15 is 0 Å². The Labute approximate surface area is 132 Å². The Hall–Kier alpha value is -0.120. The molecule has 3 heteroatoms. The van der Waals surface area contributed by atoms with Gasteiger partial charge in [0.05, 0.1) is 0 Å². The molecule has 2 rings (SSSR count). The van der Waals surface area contributed by atoms with Crippen LogP contribution in [0.25, 0.3) is 0 Å². The van der Waals surface area contributed by atoms with Gasteiger partial charge in [-0.3, -0.25) is 4.90 Å². The maximum atomic E-state index is 6.37. The molecule has 0 bridgehead atoms. The number of rotatable bonds is 3. The third-order valence-electron chi connectivity index (χ3n) is 6.13.